The molecule has 1 heterocycles. The van der Waals surface area contributed by atoms with Gasteiger partial charge in [0.15, 0.2) is 5.82 Å². The Labute approximate surface area is 176 Å². The van der Waals surface area contributed by atoms with Gasteiger partial charge >= 0.3 is 0 Å². The van der Waals surface area contributed by atoms with Gasteiger partial charge in [-0.25, -0.2) is 9.37 Å². The van der Waals surface area contributed by atoms with Crippen LogP contribution in [-0.4, -0.2) is 35.2 Å². The van der Waals surface area contributed by atoms with Crippen LogP contribution < -0.4 is 15.0 Å². The molecule has 0 saturated heterocycles. The second-order valence-corrected chi connectivity index (χ2v) is 6.65. The molecule has 4 aromatic rings. The van der Waals surface area contributed by atoms with E-state index in [9.17, 15) is 14.3 Å². The van der Waals surface area contributed by atoms with E-state index < -0.39 is 11.4 Å². The van der Waals surface area contributed by atoms with Crippen molar-refractivity contribution in [3.8, 4) is 28.6 Å². The first-order valence-corrected chi connectivity index (χ1v) is 9.27. The lowest BCUT2D eigenvalue weighted by molar-refractivity contribution is 0.394. The van der Waals surface area contributed by atoms with Crippen molar-refractivity contribution in [1.82, 2.24) is 9.66 Å². The highest BCUT2D eigenvalue weighted by atomic mass is 19.1. The van der Waals surface area contributed by atoms with E-state index in [1.807, 2.05) is 0 Å². The molecule has 0 aliphatic rings. The maximum absolute atomic E-state index is 13.5. The summed E-state index contributed by atoms with van der Waals surface area (Å²) >= 11 is 0. The molecule has 8 heteroatoms. The number of methoxy groups -OCH3 is 2. The van der Waals surface area contributed by atoms with Gasteiger partial charge in [-0.2, -0.15) is 9.78 Å². The summed E-state index contributed by atoms with van der Waals surface area (Å²) in [6, 6.07) is 15.2. The molecular formula is C23H18FN3O4. The fourth-order valence-electron chi connectivity index (χ4n) is 3.11. The lowest BCUT2D eigenvalue weighted by atomic mass is 10.1. The lowest BCUT2D eigenvalue weighted by Crippen LogP contribution is -2.20. The number of aromatic nitrogens is 2. The molecule has 0 radical (unpaired) electrons. The van der Waals surface area contributed by atoms with Crippen molar-refractivity contribution in [2.45, 2.75) is 0 Å². The van der Waals surface area contributed by atoms with E-state index >= 15 is 0 Å². The van der Waals surface area contributed by atoms with Crippen LogP contribution in [0.4, 0.5) is 4.39 Å². The SMILES string of the molecule is COc1cc(OC)cc(-c2nc3ccc(O)cc3c(=O)n2N=Cc2cccc(F)c2)c1. The molecular weight excluding hydrogens is 401 g/mol. The number of benzene rings is 3. The van der Waals surface area contributed by atoms with Crippen LogP contribution in [0.15, 0.2) is 70.6 Å². The van der Waals surface area contributed by atoms with Gasteiger partial charge in [-0.15, -0.1) is 0 Å². The smallest absolute Gasteiger partial charge is 0.282 e. The van der Waals surface area contributed by atoms with Crippen molar-refractivity contribution in [2.75, 3.05) is 14.2 Å². The van der Waals surface area contributed by atoms with Crippen LogP contribution in [0.3, 0.4) is 0 Å². The van der Waals surface area contributed by atoms with E-state index in [-0.39, 0.29) is 17.0 Å². The summed E-state index contributed by atoms with van der Waals surface area (Å²) in [5, 5.41) is 14.3. The van der Waals surface area contributed by atoms with Crippen LogP contribution in [-0.2, 0) is 0 Å². The summed E-state index contributed by atoms with van der Waals surface area (Å²) in [6.07, 6.45) is 1.36. The standard InChI is InChI=1S/C23H18FN3O4/c1-30-18-9-15(10-19(12-18)31-2)22-26-21-7-6-17(28)11-20(21)23(29)27(22)25-13-14-4-3-5-16(24)8-14/h3-13,28H,1-2H3. The number of aromatic hydroxyl groups is 1. The molecule has 0 bridgehead atoms. The molecule has 0 aliphatic heterocycles. The Morgan fingerprint density at radius 2 is 1.77 bits per heavy atom. The number of nitrogens with zero attached hydrogens (tertiary/aromatic N) is 3. The normalized spacial score (nSPS) is 11.2. The predicted octanol–water partition coefficient (Wildman–Crippen LogP) is 3.81. The highest BCUT2D eigenvalue weighted by Gasteiger charge is 2.15. The Kier molecular flexibility index (Phi) is 5.36. The van der Waals surface area contributed by atoms with E-state index in [0.717, 1.165) is 4.68 Å². The molecule has 0 aliphatic carbocycles. The summed E-state index contributed by atoms with van der Waals surface area (Å²) in [4.78, 5) is 17.8. The molecule has 3 aromatic carbocycles. The third-order valence-electron chi connectivity index (χ3n) is 4.61. The van der Waals surface area contributed by atoms with Crippen molar-refractivity contribution in [1.29, 1.82) is 0 Å². The van der Waals surface area contributed by atoms with Crippen molar-refractivity contribution in [3.05, 3.63) is 82.4 Å². The Hall–Kier alpha value is -4.20. The van der Waals surface area contributed by atoms with E-state index in [1.165, 1.54) is 44.7 Å². The molecule has 0 fully saturated rings. The Morgan fingerprint density at radius 3 is 2.45 bits per heavy atom. The number of halogens is 1. The molecule has 0 saturated carbocycles. The van der Waals surface area contributed by atoms with Gasteiger partial charge in [0.25, 0.3) is 5.56 Å². The van der Waals surface area contributed by atoms with Crippen LogP contribution >= 0.6 is 0 Å². The zero-order valence-electron chi connectivity index (χ0n) is 16.7. The first-order chi connectivity index (χ1) is 15.0. The number of phenolic OH excluding ortho intramolecular Hbond substituents is 1. The number of rotatable bonds is 5. The topological polar surface area (TPSA) is 85.9 Å². The van der Waals surface area contributed by atoms with Gasteiger partial charge in [0, 0.05) is 11.6 Å². The molecule has 7 nitrogen and oxygen atoms in total. The van der Waals surface area contributed by atoms with Gasteiger partial charge < -0.3 is 14.6 Å². The number of hydrogen-bond donors (Lipinski definition) is 1. The fourth-order valence-corrected chi connectivity index (χ4v) is 3.11. The first-order valence-electron chi connectivity index (χ1n) is 9.27. The zero-order valence-corrected chi connectivity index (χ0v) is 16.7. The Bertz CT molecular complexity index is 1340. The largest absolute Gasteiger partial charge is 0.508 e. The molecule has 1 N–H and O–H groups in total. The number of hydrogen-bond acceptors (Lipinski definition) is 6. The van der Waals surface area contributed by atoms with Crippen LogP contribution in [0.5, 0.6) is 17.2 Å². The minimum Gasteiger partial charge on any atom is -0.508 e. The Morgan fingerprint density at radius 1 is 1.03 bits per heavy atom. The molecule has 0 spiro atoms. The molecule has 0 atom stereocenters. The Balaban J connectivity index is 1.98. The quantitative estimate of drug-likeness (QED) is 0.497. The highest BCUT2D eigenvalue weighted by Crippen LogP contribution is 2.29. The van der Waals surface area contributed by atoms with Gasteiger partial charge in [0.2, 0.25) is 0 Å². The minimum atomic E-state index is -0.495. The van der Waals surface area contributed by atoms with Gasteiger partial charge in [-0.05, 0) is 48.0 Å². The van der Waals surface area contributed by atoms with Crippen molar-refractivity contribution in [2.24, 2.45) is 5.10 Å². The van der Waals surface area contributed by atoms with Crippen LogP contribution in [0, 0.1) is 5.82 Å². The monoisotopic (exact) mass is 419 g/mol. The van der Waals surface area contributed by atoms with Crippen LogP contribution in [0.1, 0.15) is 5.56 Å². The zero-order chi connectivity index (χ0) is 22.0. The number of ether oxygens (including phenoxy) is 2. The fraction of sp³-hybridized carbons (Fsp3) is 0.0870. The van der Waals surface area contributed by atoms with Crippen molar-refractivity contribution in [3.63, 3.8) is 0 Å². The van der Waals surface area contributed by atoms with Gasteiger partial charge in [-0.3, -0.25) is 4.79 Å². The minimum absolute atomic E-state index is 0.0668. The van der Waals surface area contributed by atoms with Gasteiger partial charge in [-0.1, -0.05) is 12.1 Å². The molecule has 0 amide bonds. The van der Waals surface area contributed by atoms with Crippen molar-refractivity contribution < 1.29 is 19.0 Å². The van der Waals surface area contributed by atoms with E-state index in [4.69, 9.17) is 9.47 Å². The van der Waals surface area contributed by atoms with E-state index in [2.05, 4.69) is 10.1 Å². The van der Waals surface area contributed by atoms with E-state index in [0.29, 0.717) is 28.1 Å². The molecule has 0 unspecified atom stereocenters. The third kappa shape index (κ3) is 4.09. The second-order valence-electron chi connectivity index (χ2n) is 6.65. The number of fused-ring (bicyclic) bond motifs is 1. The maximum Gasteiger partial charge on any atom is 0.282 e. The van der Waals surface area contributed by atoms with Crippen molar-refractivity contribution >= 4 is 17.1 Å². The molecule has 1 aromatic heterocycles. The summed E-state index contributed by atoms with van der Waals surface area (Å²) in [5.41, 5.74) is 0.888. The lowest BCUT2D eigenvalue weighted by Gasteiger charge is -2.12. The van der Waals surface area contributed by atoms with Gasteiger partial charge in [0.1, 0.15) is 23.1 Å². The summed E-state index contributed by atoms with van der Waals surface area (Å²) in [6.45, 7) is 0. The molecule has 31 heavy (non-hydrogen) atoms. The first kappa shape index (κ1) is 20.1. The average Bonchev–Trinajstić information content (AvgIpc) is 2.78. The predicted molar refractivity (Wildman–Crippen MR) is 116 cm³/mol. The second kappa shape index (κ2) is 8.27. The average molecular weight is 419 g/mol. The third-order valence-corrected chi connectivity index (χ3v) is 4.61. The van der Waals surface area contributed by atoms with E-state index in [1.54, 1.807) is 36.4 Å². The summed E-state index contributed by atoms with van der Waals surface area (Å²) in [5.74, 6) is 0.761. The summed E-state index contributed by atoms with van der Waals surface area (Å²) in [7, 11) is 3.04. The highest BCUT2D eigenvalue weighted by molar-refractivity contribution is 5.83. The van der Waals surface area contributed by atoms with Gasteiger partial charge in [0.05, 0.1) is 31.3 Å². The van der Waals surface area contributed by atoms with Crippen LogP contribution in [0.25, 0.3) is 22.3 Å². The maximum atomic E-state index is 13.5. The molecule has 4 rings (SSSR count). The summed E-state index contributed by atoms with van der Waals surface area (Å²) < 4.78 is 25.3. The molecule has 156 valence electrons. The van der Waals surface area contributed by atoms with Crippen LogP contribution in [0.2, 0.25) is 0 Å². The number of phenols is 1.